The van der Waals surface area contributed by atoms with Gasteiger partial charge in [0, 0.05) is 23.4 Å². The molecule has 0 radical (unpaired) electrons. The quantitative estimate of drug-likeness (QED) is 0.754. The lowest BCUT2D eigenvalue weighted by Crippen LogP contribution is -2.31. The van der Waals surface area contributed by atoms with Gasteiger partial charge in [0.2, 0.25) is 0 Å². The molecule has 0 bridgehead atoms. The molecule has 2 heteroatoms. The standard InChI is InChI=1S/C16H27NS/c1-13(2)17-12-15(16-10-7-11-18-16)14-8-5-3-4-6-9-14/h7,10-11,13-15,17H,3-6,8-9,12H2,1-2H3. The summed E-state index contributed by atoms with van der Waals surface area (Å²) in [5, 5.41) is 5.89. The fraction of sp³-hybridized carbons (Fsp3) is 0.750. The zero-order valence-corrected chi connectivity index (χ0v) is 12.6. The Morgan fingerprint density at radius 2 is 1.94 bits per heavy atom. The van der Waals surface area contributed by atoms with Gasteiger partial charge in [-0.3, -0.25) is 0 Å². The third-order valence-corrected chi connectivity index (χ3v) is 5.13. The largest absolute Gasteiger partial charge is 0.314 e. The van der Waals surface area contributed by atoms with Crippen molar-refractivity contribution < 1.29 is 0 Å². The molecule has 0 aromatic carbocycles. The van der Waals surface area contributed by atoms with Gasteiger partial charge in [0.25, 0.3) is 0 Å². The van der Waals surface area contributed by atoms with E-state index in [2.05, 4.69) is 36.7 Å². The summed E-state index contributed by atoms with van der Waals surface area (Å²) in [5.41, 5.74) is 0. The van der Waals surface area contributed by atoms with Gasteiger partial charge in [-0.25, -0.2) is 0 Å². The summed E-state index contributed by atoms with van der Waals surface area (Å²) in [5.74, 6) is 1.64. The van der Waals surface area contributed by atoms with Gasteiger partial charge < -0.3 is 5.32 Å². The van der Waals surface area contributed by atoms with Crippen LogP contribution in [0.2, 0.25) is 0 Å². The molecule has 1 aliphatic rings. The van der Waals surface area contributed by atoms with Gasteiger partial charge in [0.05, 0.1) is 0 Å². The first-order valence-corrected chi connectivity index (χ1v) is 8.42. The van der Waals surface area contributed by atoms with Crippen LogP contribution in [0.5, 0.6) is 0 Å². The molecule has 1 aliphatic carbocycles. The van der Waals surface area contributed by atoms with Crippen LogP contribution >= 0.6 is 11.3 Å². The van der Waals surface area contributed by atoms with E-state index < -0.39 is 0 Å². The lowest BCUT2D eigenvalue weighted by atomic mass is 9.85. The van der Waals surface area contributed by atoms with E-state index in [1.165, 1.54) is 38.5 Å². The van der Waals surface area contributed by atoms with Gasteiger partial charge in [-0.05, 0) is 30.2 Å². The zero-order valence-electron chi connectivity index (χ0n) is 11.8. The highest BCUT2D eigenvalue weighted by molar-refractivity contribution is 7.10. The van der Waals surface area contributed by atoms with Crippen molar-refractivity contribution >= 4 is 11.3 Å². The Morgan fingerprint density at radius 3 is 2.50 bits per heavy atom. The van der Waals surface area contributed by atoms with Crippen LogP contribution < -0.4 is 5.32 Å². The smallest absolute Gasteiger partial charge is 0.00916 e. The molecule has 1 atom stereocenters. The minimum Gasteiger partial charge on any atom is -0.314 e. The average molecular weight is 265 g/mol. The van der Waals surface area contributed by atoms with E-state index >= 15 is 0 Å². The van der Waals surface area contributed by atoms with Crippen LogP contribution in [0.25, 0.3) is 0 Å². The van der Waals surface area contributed by atoms with Crippen LogP contribution in [-0.2, 0) is 0 Å². The molecule has 1 fully saturated rings. The van der Waals surface area contributed by atoms with Gasteiger partial charge in [0.1, 0.15) is 0 Å². The number of nitrogens with one attached hydrogen (secondary N) is 1. The molecule has 18 heavy (non-hydrogen) atoms. The van der Waals surface area contributed by atoms with Crippen molar-refractivity contribution in [3.8, 4) is 0 Å². The summed E-state index contributed by atoms with van der Waals surface area (Å²) in [6.07, 6.45) is 8.64. The van der Waals surface area contributed by atoms with Crippen LogP contribution in [-0.4, -0.2) is 12.6 Å². The Balaban J connectivity index is 2.02. The first-order valence-electron chi connectivity index (χ1n) is 7.54. The molecule has 1 saturated carbocycles. The molecule has 0 spiro atoms. The molecular formula is C16H27NS. The first-order chi connectivity index (χ1) is 8.77. The summed E-state index contributed by atoms with van der Waals surface area (Å²) in [6, 6.07) is 5.14. The summed E-state index contributed by atoms with van der Waals surface area (Å²) in [7, 11) is 0. The Morgan fingerprint density at radius 1 is 1.22 bits per heavy atom. The predicted molar refractivity (Wildman–Crippen MR) is 81.4 cm³/mol. The van der Waals surface area contributed by atoms with Crippen LogP contribution in [0.15, 0.2) is 17.5 Å². The fourth-order valence-electron chi connectivity index (χ4n) is 3.08. The number of hydrogen-bond donors (Lipinski definition) is 1. The number of hydrogen-bond acceptors (Lipinski definition) is 2. The van der Waals surface area contributed by atoms with E-state index in [0.29, 0.717) is 6.04 Å². The molecule has 2 rings (SSSR count). The first kappa shape index (κ1) is 14.1. The van der Waals surface area contributed by atoms with Crippen LogP contribution in [0.1, 0.15) is 63.2 Å². The van der Waals surface area contributed by atoms with Gasteiger partial charge in [-0.1, -0.05) is 45.6 Å². The summed E-state index contributed by atoms with van der Waals surface area (Å²) in [4.78, 5) is 1.59. The maximum Gasteiger partial charge on any atom is 0.00916 e. The molecule has 1 unspecified atom stereocenters. The summed E-state index contributed by atoms with van der Waals surface area (Å²) >= 11 is 1.94. The maximum atomic E-state index is 3.66. The number of rotatable bonds is 5. The summed E-state index contributed by atoms with van der Waals surface area (Å²) in [6.45, 7) is 5.65. The second-order valence-corrected chi connectivity index (χ2v) is 6.92. The van der Waals surface area contributed by atoms with E-state index in [1.54, 1.807) is 4.88 Å². The Bertz CT molecular complexity index is 310. The third-order valence-electron chi connectivity index (χ3n) is 4.12. The lowest BCUT2D eigenvalue weighted by molar-refractivity contribution is 0.357. The molecule has 1 aromatic heterocycles. The molecule has 1 N–H and O–H groups in total. The minimum absolute atomic E-state index is 0.596. The highest BCUT2D eigenvalue weighted by atomic mass is 32.1. The van der Waals surface area contributed by atoms with Gasteiger partial charge >= 0.3 is 0 Å². The fourth-order valence-corrected chi connectivity index (χ4v) is 4.00. The van der Waals surface area contributed by atoms with E-state index in [9.17, 15) is 0 Å². The summed E-state index contributed by atoms with van der Waals surface area (Å²) < 4.78 is 0. The third kappa shape index (κ3) is 4.10. The van der Waals surface area contributed by atoms with E-state index in [0.717, 1.165) is 18.4 Å². The average Bonchev–Trinajstić information content (AvgIpc) is 2.73. The van der Waals surface area contributed by atoms with Crippen molar-refractivity contribution in [3.63, 3.8) is 0 Å². The highest BCUT2D eigenvalue weighted by Crippen LogP contribution is 2.36. The topological polar surface area (TPSA) is 12.0 Å². The lowest BCUT2D eigenvalue weighted by Gasteiger charge is -2.26. The molecule has 1 aromatic rings. The Hall–Kier alpha value is -0.340. The maximum absolute atomic E-state index is 3.66. The van der Waals surface area contributed by atoms with Crippen molar-refractivity contribution in [1.82, 2.24) is 5.32 Å². The second-order valence-electron chi connectivity index (χ2n) is 5.94. The van der Waals surface area contributed by atoms with Gasteiger partial charge in [-0.15, -0.1) is 11.3 Å². The van der Waals surface area contributed by atoms with Gasteiger partial charge in [-0.2, -0.15) is 0 Å². The molecular weight excluding hydrogens is 238 g/mol. The monoisotopic (exact) mass is 265 g/mol. The number of thiophene rings is 1. The van der Waals surface area contributed by atoms with Crippen molar-refractivity contribution in [2.75, 3.05) is 6.54 Å². The predicted octanol–water partition coefficient (Wildman–Crippen LogP) is 4.80. The van der Waals surface area contributed by atoms with E-state index in [-0.39, 0.29) is 0 Å². The second kappa shape index (κ2) is 7.30. The normalized spacial score (nSPS) is 19.9. The minimum atomic E-state index is 0.596. The Labute approximate surface area is 116 Å². The van der Waals surface area contributed by atoms with Crippen molar-refractivity contribution in [3.05, 3.63) is 22.4 Å². The van der Waals surface area contributed by atoms with Crippen molar-refractivity contribution in [2.45, 2.75) is 64.3 Å². The molecule has 0 aliphatic heterocycles. The zero-order chi connectivity index (χ0) is 12.8. The van der Waals surface area contributed by atoms with Crippen molar-refractivity contribution in [2.24, 2.45) is 5.92 Å². The van der Waals surface area contributed by atoms with Crippen LogP contribution in [0.4, 0.5) is 0 Å². The van der Waals surface area contributed by atoms with Crippen LogP contribution in [0, 0.1) is 5.92 Å². The van der Waals surface area contributed by atoms with E-state index in [1.807, 2.05) is 11.3 Å². The highest BCUT2D eigenvalue weighted by Gasteiger charge is 2.24. The van der Waals surface area contributed by atoms with Crippen LogP contribution in [0.3, 0.4) is 0 Å². The molecule has 102 valence electrons. The molecule has 0 saturated heterocycles. The molecule has 0 amide bonds. The van der Waals surface area contributed by atoms with Crippen molar-refractivity contribution in [1.29, 1.82) is 0 Å². The molecule has 1 heterocycles. The molecule has 1 nitrogen and oxygen atoms in total. The Kier molecular flexibility index (Phi) is 5.71. The SMILES string of the molecule is CC(C)NCC(c1cccs1)C1CCCCCC1. The van der Waals surface area contributed by atoms with E-state index in [4.69, 9.17) is 0 Å². The van der Waals surface area contributed by atoms with Gasteiger partial charge in [0.15, 0.2) is 0 Å².